The lowest BCUT2D eigenvalue weighted by Crippen LogP contribution is -2.72. The van der Waals surface area contributed by atoms with E-state index < -0.39 is 174 Å². The van der Waals surface area contributed by atoms with Gasteiger partial charge in [0.1, 0.15) is 79.9 Å². The number of fused-ring (bicyclic) bond motifs is 7. The number of carbonyl (C=O) groups is 3. The summed E-state index contributed by atoms with van der Waals surface area (Å²) < 4.78 is 48.2. The van der Waals surface area contributed by atoms with E-state index in [2.05, 4.69) is 40.7 Å². The molecule has 440 valence electrons. The topological polar surface area (TPSA) is 348 Å². The minimum Gasteiger partial charge on any atom is -0.479 e. The lowest BCUT2D eigenvalue weighted by atomic mass is 9.33. The molecule has 0 aromatic carbocycles. The number of carboxylic acid groups (broad SMARTS) is 1. The van der Waals surface area contributed by atoms with Crippen molar-refractivity contribution in [3.8, 4) is 0 Å². The van der Waals surface area contributed by atoms with Crippen LogP contribution >= 0.6 is 0 Å². The first kappa shape index (κ1) is 60.6. The zero-order valence-electron chi connectivity index (χ0n) is 46.3. The number of aliphatic carboxylic acids is 1. The number of aliphatic hydroxyl groups is 10. The molecule has 0 amide bonds. The van der Waals surface area contributed by atoms with Crippen molar-refractivity contribution in [2.75, 3.05) is 13.2 Å². The summed E-state index contributed by atoms with van der Waals surface area (Å²) >= 11 is 0. The van der Waals surface area contributed by atoms with E-state index in [-0.39, 0.29) is 42.6 Å². The molecule has 0 bridgehead atoms. The summed E-state index contributed by atoms with van der Waals surface area (Å²) in [6.45, 7) is 20.3. The van der Waals surface area contributed by atoms with Gasteiger partial charge in [-0.3, -0.25) is 9.59 Å². The summed E-state index contributed by atoms with van der Waals surface area (Å²) in [7, 11) is 0. The third-order valence-corrected chi connectivity index (χ3v) is 20.7. The van der Waals surface area contributed by atoms with Gasteiger partial charge in [0, 0.05) is 18.8 Å². The Morgan fingerprint density at radius 1 is 0.727 bits per heavy atom. The molecule has 7 fully saturated rings. The first-order valence-corrected chi connectivity index (χ1v) is 27.7. The van der Waals surface area contributed by atoms with Crippen LogP contribution in [0.2, 0.25) is 0 Å². The number of ether oxygens (including phenoxy) is 8. The number of carbonyl (C=O) groups excluding carboxylic acids is 2. The fourth-order valence-corrected chi connectivity index (χ4v) is 16.3. The number of hydrogen-bond acceptors (Lipinski definition) is 21. The van der Waals surface area contributed by atoms with Crippen molar-refractivity contribution < 1.29 is 108 Å². The van der Waals surface area contributed by atoms with Crippen molar-refractivity contribution in [1.29, 1.82) is 0 Å². The summed E-state index contributed by atoms with van der Waals surface area (Å²) in [6, 6.07) is 0. The third kappa shape index (κ3) is 10.0. The molecule has 0 aromatic rings. The van der Waals surface area contributed by atoms with E-state index in [1.807, 2.05) is 27.7 Å². The average Bonchev–Trinajstić information content (AvgIpc) is 3.54. The Morgan fingerprint density at radius 3 is 1.96 bits per heavy atom. The van der Waals surface area contributed by atoms with Crippen molar-refractivity contribution in [1.82, 2.24) is 0 Å². The molecule has 5 aliphatic carbocycles. The predicted molar refractivity (Wildman–Crippen MR) is 266 cm³/mol. The highest BCUT2D eigenvalue weighted by molar-refractivity contribution is 5.73. The molecule has 26 atom stereocenters. The molecule has 3 aliphatic heterocycles. The van der Waals surface area contributed by atoms with Gasteiger partial charge in [0.05, 0.1) is 30.3 Å². The molecule has 11 N–H and O–H groups in total. The van der Waals surface area contributed by atoms with Gasteiger partial charge in [0.2, 0.25) is 0 Å². The fourth-order valence-electron chi connectivity index (χ4n) is 16.3. The molecule has 26 unspecified atom stereocenters. The molecular weight excluding hydrogens is 1010 g/mol. The summed E-state index contributed by atoms with van der Waals surface area (Å²) in [6.07, 6.45) is -24.7. The highest BCUT2D eigenvalue weighted by atomic mass is 16.8. The third-order valence-electron chi connectivity index (χ3n) is 20.7. The van der Waals surface area contributed by atoms with Crippen LogP contribution < -0.4 is 0 Å². The monoisotopic (exact) mass is 1100 g/mol. The lowest BCUT2D eigenvalue weighted by molar-refractivity contribution is -0.390. The van der Waals surface area contributed by atoms with Crippen LogP contribution in [0.1, 0.15) is 128 Å². The number of hydrogen-bond donors (Lipinski definition) is 11. The summed E-state index contributed by atoms with van der Waals surface area (Å²) in [4.78, 5) is 38.9. The summed E-state index contributed by atoms with van der Waals surface area (Å²) in [5.41, 5.74) is -3.12. The Bertz CT molecular complexity index is 2190. The second-order valence-electron chi connectivity index (χ2n) is 26.4. The first-order chi connectivity index (χ1) is 35.7. The van der Waals surface area contributed by atoms with E-state index in [0.29, 0.717) is 38.5 Å². The van der Waals surface area contributed by atoms with Gasteiger partial charge < -0.3 is 94.1 Å². The van der Waals surface area contributed by atoms with Crippen molar-refractivity contribution in [3.05, 3.63) is 11.6 Å². The maximum Gasteiger partial charge on any atom is 0.335 e. The molecule has 0 aromatic heterocycles. The van der Waals surface area contributed by atoms with Gasteiger partial charge in [0.25, 0.3) is 0 Å². The molecular formula is C55H88O22. The highest BCUT2D eigenvalue weighted by Crippen LogP contribution is 2.76. The minimum absolute atomic E-state index is 0.0134. The van der Waals surface area contributed by atoms with Crippen LogP contribution in [0.3, 0.4) is 0 Å². The van der Waals surface area contributed by atoms with Gasteiger partial charge in [-0.05, 0) is 97.2 Å². The number of esters is 2. The summed E-state index contributed by atoms with van der Waals surface area (Å²) in [5, 5.41) is 122. The molecule has 8 rings (SSSR count). The molecule has 22 nitrogen and oxygen atoms in total. The molecule has 22 heteroatoms. The van der Waals surface area contributed by atoms with Crippen LogP contribution in [-0.2, 0) is 52.3 Å². The van der Waals surface area contributed by atoms with E-state index in [0.717, 1.165) is 5.57 Å². The fraction of sp³-hybridized carbons (Fsp3) is 0.909. The Balaban J connectivity index is 1.10. The van der Waals surface area contributed by atoms with Crippen molar-refractivity contribution in [3.63, 3.8) is 0 Å². The number of carboxylic acids is 1. The van der Waals surface area contributed by atoms with E-state index in [9.17, 15) is 70.6 Å². The molecule has 77 heavy (non-hydrogen) atoms. The maximum absolute atomic E-state index is 13.2. The standard InChI is InChI=1S/C55H88O22/c1-23(2)18-33(59)70-22-55-27(19-50(5,6)45(44(55)67)72-25(4)57)26-12-13-30-52(9)16-15-32(51(7,8)29(52)14-17-53(30,10)54(26,11)20-31(55)58)74-49-42(76-48-39(65)37(63)35(61)28(21-56)73-48)40(66)41(43(77-49)46(68)69)75-47-38(64)36(62)34(60)24(3)71-47/h12,23-24,27-32,34-45,47-49,56,58,60-67H,13-22H2,1-11H3,(H,68,69). The normalized spacial score (nSPS) is 50.2. The van der Waals surface area contributed by atoms with Gasteiger partial charge in [-0.25, -0.2) is 4.79 Å². The van der Waals surface area contributed by atoms with Crippen LogP contribution in [-0.4, -0.2) is 204 Å². The van der Waals surface area contributed by atoms with Crippen molar-refractivity contribution >= 4 is 17.9 Å². The second-order valence-corrected chi connectivity index (χ2v) is 26.4. The van der Waals surface area contributed by atoms with E-state index in [4.69, 9.17) is 37.9 Å². The van der Waals surface area contributed by atoms with Crippen molar-refractivity contribution in [2.45, 2.75) is 244 Å². The van der Waals surface area contributed by atoms with Gasteiger partial charge in [-0.15, -0.1) is 0 Å². The van der Waals surface area contributed by atoms with Crippen LogP contribution in [0.5, 0.6) is 0 Å². The van der Waals surface area contributed by atoms with Crippen LogP contribution in [0, 0.1) is 56.2 Å². The average molecular weight is 1100 g/mol. The molecule has 0 spiro atoms. The van der Waals surface area contributed by atoms with Gasteiger partial charge in [-0.2, -0.15) is 0 Å². The van der Waals surface area contributed by atoms with Gasteiger partial charge in [-0.1, -0.05) is 74.0 Å². The van der Waals surface area contributed by atoms with Crippen LogP contribution in [0.25, 0.3) is 0 Å². The van der Waals surface area contributed by atoms with Crippen LogP contribution in [0.15, 0.2) is 11.6 Å². The highest BCUT2D eigenvalue weighted by Gasteiger charge is 2.73. The molecule has 3 heterocycles. The Labute approximate surface area is 450 Å². The number of aliphatic hydroxyl groups excluding tert-OH is 10. The van der Waals surface area contributed by atoms with Gasteiger partial charge >= 0.3 is 17.9 Å². The molecule has 8 aliphatic rings. The first-order valence-electron chi connectivity index (χ1n) is 27.7. The second kappa shape index (κ2) is 21.7. The Hall–Kier alpha value is -2.49. The number of allylic oxidation sites excluding steroid dienone is 2. The quantitative estimate of drug-likeness (QED) is 0.0691. The largest absolute Gasteiger partial charge is 0.479 e. The van der Waals surface area contributed by atoms with E-state index in [1.165, 1.54) is 13.8 Å². The molecule has 4 saturated carbocycles. The van der Waals surface area contributed by atoms with E-state index in [1.54, 1.807) is 0 Å². The molecule has 3 saturated heterocycles. The molecule has 0 radical (unpaired) electrons. The smallest absolute Gasteiger partial charge is 0.335 e. The van der Waals surface area contributed by atoms with Crippen LogP contribution in [0.4, 0.5) is 0 Å². The summed E-state index contributed by atoms with van der Waals surface area (Å²) in [5.74, 6) is -3.07. The zero-order valence-corrected chi connectivity index (χ0v) is 46.3. The zero-order chi connectivity index (χ0) is 57.0. The number of rotatable bonds is 13. The SMILES string of the molecule is CC(=O)OC1C(O)C2(COC(=O)CC(C)C)C(O)CC3(C)C(=CCC4C5(C)CCC(OC6OC(C(=O)O)C(OC7OC(C)C(O)C(O)C7O)C(O)C6OC6OC(CO)C(O)C(O)C6O)C(C)(C)C5CCC43C)C2CC1(C)C. The van der Waals surface area contributed by atoms with Crippen molar-refractivity contribution in [2.24, 2.45) is 56.2 Å². The Kier molecular flexibility index (Phi) is 17.1. The predicted octanol–water partition coefficient (Wildman–Crippen LogP) is 0.814. The Morgan fingerprint density at radius 2 is 1.35 bits per heavy atom. The van der Waals surface area contributed by atoms with Gasteiger partial charge in [0.15, 0.2) is 25.0 Å². The lowest BCUT2D eigenvalue weighted by Gasteiger charge is -2.72. The minimum atomic E-state index is -2.05. The maximum atomic E-state index is 13.2. The van der Waals surface area contributed by atoms with E-state index >= 15 is 0 Å².